The van der Waals surface area contributed by atoms with E-state index in [-0.39, 0.29) is 0 Å². The van der Waals surface area contributed by atoms with Crippen molar-refractivity contribution in [3.05, 3.63) is 53.6 Å². The SMILES string of the molecule is CCn1ccnc1CC(NC)c1cccc(C)c1. The average Bonchev–Trinajstić information content (AvgIpc) is 2.83. The molecule has 0 amide bonds. The number of benzene rings is 1. The molecule has 1 heterocycles. The first-order chi connectivity index (χ1) is 8.74. The summed E-state index contributed by atoms with van der Waals surface area (Å²) in [7, 11) is 2.01. The first kappa shape index (κ1) is 12.8. The number of nitrogens with zero attached hydrogens (tertiary/aromatic N) is 2. The first-order valence-corrected chi connectivity index (χ1v) is 6.48. The van der Waals surface area contributed by atoms with Crippen molar-refractivity contribution < 1.29 is 0 Å². The summed E-state index contributed by atoms with van der Waals surface area (Å²) in [6, 6.07) is 8.97. The lowest BCUT2D eigenvalue weighted by molar-refractivity contribution is 0.553. The maximum absolute atomic E-state index is 4.45. The van der Waals surface area contributed by atoms with Crippen molar-refractivity contribution in [1.82, 2.24) is 14.9 Å². The Hall–Kier alpha value is -1.61. The molecular weight excluding hydrogens is 222 g/mol. The summed E-state index contributed by atoms with van der Waals surface area (Å²) in [6.45, 7) is 5.25. The molecule has 1 unspecified atom stereocenters. The molecule has 0 saturated carbocycles. The molecule has 0 aliphatic heterocycles. The number of aryl methyl sites for hydroxylation is 2. The summed E-state index contributed by atoms with van der Waals surface area (Å²) >= 11 is 0. The van der Waals surface area contributed by atoms with Crippen LogP contribution in [0.4, 0.5) is 0 Å². The van der Waals surface area contributed by atoms with E-state index in [0.29, 0.717) is 6.04 Å². The van der Waals surface area contributed by atoms with Crippen LogP contribution in [0.2, 0.25) is 0 Å². The summed E-state index contributed by atoms with van der Waals surface area (Å²) in [5.41, 5.74) is 2.62. The van der Waals surface area contributed by atoms with Crippen molar-refractivity contribution in [3.63, 3.8) is 0 Å². The average molecular weight is 243 g/mol. The molecule has 96 valence electrons. The smallest absolute Gasteiger partial charge is 0.110 e. The molecule has 3 heteroatoms. The second-order valence-electron chi connectivity index (χ2n) is 4.59. The molecule has 1 aromatic heterocycles. The first-order valence-electron chi connectivity index (χ1n) is 6.48. The largest absolute Gasteiger partial charge is 0.335 e. The third-order valence-corrected chi connectivity index (χ3v) is 3.32. The fraction of sp³-hybridized carbons (Fsp3) is 0.400. The molecule has 18 heavy (non-hydrogen) atoms. The summed E-state index contributed by atoms with van der Waals surface area (Å²) in [5.74, 6) is 1.14. The fourth-order valence-electron chi connectivity index (χ4n) is 2.27. The van der Waals surface area contributed by atoms with E-state index < -0.39 is 0 Å². The van der Waals surface area contributed by atoms with Gasteiger partial charge in [-0.2, -0.15) is 0 Å². The van der Waals surface area contributed by atoms with Crippen LogP contribution in [0.3, 0.4) is 0 Å². The van der Waals surface area contributed by atoms with Gasteiger partial charge in [0.25, 0.3) is 0 Å². The normalized spacial score (nSPS) is 12.6. The van der Waals surface area contributed by atoms with Gasteiger partial charge in [0, 0.05) is 31.4 Å². The number of hydrogen-bond donors (Lipinski definition) is 1. The third-order valence-electron chi connectivity index (χ3n) is 3.32. The highest BCUT2D eigenvalue weighted by Crippen LogP contribution is 2.18. The molecule has 0 radical (unpaired) electrons. The lowest BCUT2D eigenvalue weighted by atomic mass is 10.0. The van der Waals surface area contributed by atoms with E-state index in [2.05, 4.69) is 53.0 Å². The number of rotatable bonds is 5. The van der Waals surface area contributed by atoms with Crippen LogP contribution in [0.15, 0.2) is 36.7 Å². The Balaban J connectivity index is 2.20. The van der Waals surface area contributed by atoms with Crippen molar-refractivity contribution in [2.75, 3.05) is 7.05 Å². The Kier molecular flexibility index (Phi) is 4.15. The van der Waals surface area contributed by atoms with Crippen molar-refractivity contribution in [2.45, 2.75) is 32.9 Å². The quantitative estimate of drug-likeness (QED) is 0.875. The van der Waals surface area contributed by atoms with Crippen molar-refractivity contribution in [2.24, 2.45) is 0 Å². The van der Waals surface area contributed by atoms with Crippen molar-refractivity contribution >= 4 is 0 Å². The van der Waals surface area contributed by atoms with Gasteiger partial charge < -0.3 is 9.88 Å². The second kappa shape index (κ2) is 5.83. The zero-order valence-corrected chi connectivity index (χ0v) is 11.4. The van der Waals surface area contributed by atoms with Crippen molar-refractivity contribution in [1.29, 1.82) is 0 Å². The van der Waals surface area contributed by atoms with E-state index in [1.54, 1.807) is 0 Å². The monoisotopic (exact) mass is 243 g/mol. The molecule has 2 aromatic rings. The van der Waals surface area contributed by atoms with Gasteiger partial charge in [0.1, 0.15) is 5.82 Å². The second-order valence-corrected chi connectivity index (χ2v) is 4.59. The Bertz CT molecular complexity index is 502. The van der Waals surface area contributed by atoms with Crippen LogP contribution in [-0.4, -0.2) is 16.6 Å². The van der Waals surface area contributed by atoms with Crippen LogP contribution < -0.4 is 5.32 Å². The molecule has 1 aromatic carbocycles. The van der Waals surface area contributed by atoms with Gasteiger partial charge in [-0.15, -0.1) is 0 Å². The van der Waals surface area contributed by atoms with E-state index in [1.807, 2.05) is 19.4 Å². The maximum Gasteiger partial charge on any atom is 0.110 e. The highest BCUT2D eigenvalue weighted by atomic mass is 15.1. The van der Waals surface area contributed by atoms with Crippen LogP contribution in [0, 0.1) is 6.92 Å². The number of imidazole rings is 1. The summed E-state index contributed by atoms with van der Waals surface area (Å²) in [4.78, 5) is 4.45. The van der Waals surface area contributed by atoms with Gasteiger partial charge in [-0.3, -0.25) is 0 Å². The summed E-state index contributed by atoms with van der Waals surface area (Å²) in [6.07, 6.45) is 4.83. The minimum Gasteiger partial charge on any atom is -0.335 e. The topological polar surface area (TPSA) is 29.9 Å². The Labute approximate surface area is 109 Å². The molecule has 1 atom stereocenters. The Morgan fingerprint density at radius 1 is 1.39 bits per heavy atom. The standard InChI is InChI=1S/C15H21N3/c1-4-18-9-8-17-15(18)11-14(16-3)13-7-5-6-12(2)10-13/h5-10,14,16H,4,11H2,1-3H3. The number of likely N-dealkylation sites (N-methyl/N-ethyl adjacent to an activating group) is 1. The van der Waals surface area contributed by atoms with Crippen LogP contribution in [0.1, 0.15) is 29.9 Å². The van der Waals surface area contributed by atoms with E-state index in [0.717, 1.165) is 18.8 Å². The van der Waals surface area contributed by atoms with Crippen LogP contribution in [0.25, 0.3) is 0 Å². The highest BCUT2D eigenvalue weighted by molar-refractivity contribution is 5.25. The lowest BCUT2D eigenvalue weighted by Crippen LogP contribution is -2.20. The van der Waals surface area contributed by atoms with E-state index in [4.69, 9.17) is 0 Å². The van der Waals surface area contributed by atoms with Gasteiger partial charge in [-0.1, -0.05) is 29.8 Å². The molecular formula is C15H21N3. The molecule has 0 aliphatic rings. The summed E-state index contributed by atoms with van der Waals surface area (Å²) in [5, 5.41) is 3.38. The molecule has 2 rings (SSSR count). The zero-order valence-electron chi connectivity index (χ0n) is 11.4. The van der Waals surface area contributed by atoms with Gasteiger partial charge in [0.05, 0.1) is 0 Å². The van der Waals surface area contributed by atoms with Gasteiger partial charge >= 0.3 is 0 Å². The number of aromatic nitrogens is 2. The fourth-order valence-corrected chi connectivity index (χ4v) is 2.27. The predicted molar refractivity (Wildman–Crippen MR) is 74.6 cm³/mol. The lowest BCUT2D eigenvalue weighted by Gasteiger charge is -2.17. The van der Waals surface area contributed by atoms with Gasteiger partial charge in [-0.25, -0.2) is 4.98 Å². The molecule has 0 spiro atoms. The van der Waals surface area contributed by atoms with Crippen LogP contribution in [-0.2, 0) is 13.0 Å². The Morgan fingerprint density at radius 3 is 2.89 bits per heavy atom. The molecule has 0 aliphatic carbocycles. The van der Waals surface area contributed by atoms with Gasteiger partial charge in [-0.05, 0) is 26.5 Å². The highest BCUT2D eigenvalue weighted by Gasteiger charge is 2.13. The molecule has 1 N–H and O–H groups in total. The molecule has 0 saturated heterocycles. The van der Waals surface area contributed by atoms with Crippen molar-refractivity contribution in [3.8, 4) is 0 Å². The van der Waals surface area contributed by atoms with Crippen LogP contribution in [0.5, 0.6) is 0 Å². The molecule has 0 fully saturated rings. The van der Waals surface area contributed by atoms with Crippen LogP contribution >= 0.6 is 0 Å². The van der Waals surface area contributed by atoms with Gasteiger partial charge in [0.2, 0.25) is 0 Å². The predicted octanol–water partition coefficient (Wildman–Crippen LogP) is 2.71. The zero-order chi connectivity index (χ0) is 13.0. The van der Waals surface area contributed by atoms with E-state index in [1.165, 1.54) is 11.1 Å². The van der Waals surface area contributed by atoms with E-state index >= 15 is 0 Å². The molecule has 0 bridgehead atoms. The minimum atomic E-state index is 0.317. The minimum absolute atomic E-state index is 0.317. The molecule has 3 nitrogen and oxygen atoms in total. The third kappa shape index (κ3) is 2.79. The number of nitrogens with one attached hydrogen (secondary N) is 1. The summed E-state index contributed by atoms with van der Waals surface area (Å²) < 4.78 is 2.19. The Morgan fingerprint density at radius 2 is 2.22 bits per heavy atom. The van der Waals surface area contributed by atoms with E-state index in [9.17, 15) is 0 Å². The number of hydrogen-bond acceptors (Lipinski definition) is 2. The maximum atomic E-state index is 4.45. The van der Waals surface area contributed by atoms with Gasteiger partial charge in [0.15, 0.2) is 0 Å².